The molecule has 27 heavy (non-hydrogen) atoms. The molecule has 2 aromatic carbocycles. The van der Waals surface area contributed by atoms with E-state index in [2.05, 4.69) is 26.2 Å². The van der Waals surface area contributed by atoms with Gasteiger partial charge in [-0.1, -0.05) is 28.1 Å². The van der Waals surface area contributed by atoms with Gasteiger partial charge in [0.2, 0.25) is 11.8 Å². The molecule has 0 aliphatic rings. The number of halogens is 1. The number of hydrogen-bond donors (Lipinski definition) is 2. The Bertz CT molecular complexity index is 876. The van der Waals surface area contributed by atoms with Gasteiger partial charge < -0.3 is 19.6 Å². The van der Waals surface area contributed by atoms with Crippen molar-refractivity contribution in [3.63, 3.8) is 0 Å². The number of aliphatic hydroxyl groups is 1. The van der Waals surface area contributed by atoms with Crippen LogP contribution in [0.2, 0.25) is 0 Å². The van der Waals surface area contributed by atoms with Crippen molar-refractivity contribution in [2.75, 3.05) is 13.2 Å². The van der Waals surface area contributed by atoms with E-state index >= 15 is 0 Å². The summed E-state index contributed by atoms with van der Waals surface area (Å²) in [6, 6.07) is 15.0. The summed E-state index contributed by atoms with van der Waals surface area (Å²) in [5.74, 6) is 1.11. The van der Waals surface area contributed by atoms with Crippen LogP contribution in [-0.2, 0) is 17.8 Å². The Hall–Kier alpha value is -2.64. The van der Waals surface area contributed by atoms with Crippen molar-refractivity contribution in [3.05, 3.63) is 70.5 Å². The van der Waals surface area contributed by atoms with E-state index in [-0.39, 0.29) is 32.1 Å². The molecular weight excluding hydrogens is 412 g/mol. The number of carbonyl (C=O) groups is 1. The third-order valence-electron chi connectivity index (χ3n) is 3.75. The van der Waals surface area contributed by atoms with Gasteiger partial charge >= 0.3 is 0 Å². The molecule has 0 bridgehead atoms. The molecule has 3 aromatic rings. The van der Waals surface area contributed by atoms with Crippen molar-refractivity contribution in [2.24, 2.45) is 0 Å². The summed E-state index contributed by atoms with van der Waals surface area (Å²) in [5.41, 5.74) is 2.46. The predicted molar refractivity (Wildman–Crippen MR) is 104 cm³/mol. The lowest BCUT2D eigenvalue weighted by atomic mass is 10.1. The molecule has 0 fully saturated rings. The standard InChI is InChI=1S/C20H19BrN2O4/c21-16-5-3-15(4-6-16)20-23-17(13-27-20)12-26-18-7-1-14(2-8-18)11-19(25)22-9-10-24/h1-8,13,24H,9-12H2,(H,22,25). The summed E-state index contributed by atoms with van der Waals surface area (Å²) in [6.45, 7) is 0.487. The number of nitrogens with one attached hydrogen (secondary N) is 1. The van der Waals surface area contributed by atoms with Crippen LogP contribution in [0.3, 0.4) is 0 Å². The molecule has 140 valence electrons. The zero-order valence-electron chi connectivity index (χ0n) is 14.5. The Balaban J connectivity index is 1.53. The molecule has 0 atom stereocenters. The lowest BCUT2D eigenvalue weighted by molar-refractivity contribution is -0.120. The minimum absolute atomic E-state index is 0.0654. The van der Waals surface area contributed by atoms with Crippen LogP contribution in [0, 0.1) is 0 Å². The molecule has 2 N–H and O–H groups in total. The smallest absolute Gasteiger partial charge is 0.226 e. The summed E-state index contributed by atoms with van der Waals surface area (Å²) < 4.78 is 12.2. The largest absolute Gasteiger partial charge is 0.487 e. The second kappa shape index (κ2) is 9.34. The predicted octanol–water partition coefficient (Wildman–Crippen LogP) is 3.33. The van der Waals surface area contributed by atoms with Gasteiger partial charge in [0.05, 0.1) is 13.0 Å². The number of benzene rings is 2. The van der Waals surface area contributed by atoms with E-state index in [0.717, 1.165) is 15.6 Å². The fourth-order valence-electron chi connectivity index (χ4n) is 2.40. The van der Waals surface area contributed by atoms with E-state index in [4.69, 9.17) is 14.3 Å². The van der Waals surface area contributed by atoms with Crippen LogP contribution in [-0.4, -0.2) is 29.1 Å². The van der Waals surface area contributed by atoms with Gasteiger partial charge in [-0.05, 0) is 42.0 Å². The first-order valence-corrected chi connectivity index (χ1v) is 9.23. The fourth-order valence-corrected chi connectivity index (χ4v) is 2.67. The second-order valence-corrected chi connectivity index (χ2v) is 6.75. The first-order valence-electron chi connectivity index (χ1n) is 8.43. The highest BCUT2D eigenvalue weighted by molar-refractivity contribution is 9.10. The zero-order valence-corrected chi connectivity index (χ0v) is 16.1. The van der Waals surface area contributed by atoms with E-state index in [1.807, 2.05) is 48.5 Å². The molecule has 0 saturated carbocycles. The molecule has 7 heteroatoms. The van der Waals surface area contributed by atoms with Gasteiger partial charge in [0, 0.05) is 16.6 Å². The third kappa shape index (κ3) is 5.67. The van der Waals surface area contributed by atoms with Crippen LogP contribution in [0.15, 0.2) is 63.7 Å². The van der Waals surface area contributed by atoms with Crippen LogP contribution < -0.4 is 10.1 Å². The molecule has 1 heterocycles. The third-order valence-corrected chi connectivity index (χ3v) is 4.28. The van der Waals surface area contributed by atoms with Crippen molar-refractivity contribution >= 4 is 21.8 Å². The average Bonchev–Trinajstić information content (AvgIpc) is 3.15. The Morgan fingerprint density at radius 2 is 1.89 bits per heavy atom. The monoisotopic (exact) mass is 430 g/mol. The van der Waals surface area contributed by atoms with Crippen LogP contribution in [0.5, 0.6) is 5.75 Å². The lowest BCUT2D eigenvalue weighted by Crippen LogP contribution is -2.27. The maximum Gasteiger partial charge on any atom is 0.226 e. The number of rotatable bonds is 8. The Kier molecular flexibility index (Phi) is 6.62. The molecule has 3 rings (SSSR count). The minimum atomic E-state index is -0.124. The Labute approximate surface area is 165 Å². The number of nitrogens with zero attached hydrogens (tertiary/aromatic N) is 1. The molecule has 0 spiro atoms. The summed E-state index contributed by atoms with van der Waals surface area (Å²) in [4.78, 5) is 16.1. The van der Waals surface area contributed by atoms with E-state index in [1.165, 1.54) is 0 Å². The first-order chi connectivity index (χ1) is 13.1. The van der Waals surface area contributed by atoms with Crippen LogP contribution in [0.1, 0.15) is 11.3 Å². The molecule has 0 aliphatic carbocycles. The maximum atomic E-state index is 11.6. The molecule has 0 saturated heterocycles. The van der Waals surface area contributed by atoms with Crippen LogP contribution in [0.25, 0.3) is 11.5 Å². The van der Waals surface area contributed by atoms with E-state index in [0.29, 0.717) is 17.3 Å². The van der Waals surface area contributed by atoms with Gasteiger partial charge in [-0.25, -0.2) is 4.98 Å². The molecule has 1 amide bonds. The number of aromatic nitrogens is 1. The zero-order chi connectivity index (χ0) is 19.1. The SMILES string of the molecule is O=C(Cc1ccc(OCc2coc(-c3ccc(Br)cc3)n2)cc1)NCCO. The minimum Gasteiger partial charge on any atom is -0.487 e. The van der Waals surface area contributed by atoms with Gasteiger partial charge in [-0.15, -0.1) is 0 Å². The van der Waals surface area contributed by atoms with Gasteiger partial charge in [-0.2, -0.15) is 0 Å². The topological polar surface area (TPSA) is 84.6 Å². The fraction of sp³-hybridized carbons (Fsp3) is 0.200. The van der Waals surface area contributed by atoms with Gasteiger partial charge in [0.15, 0.2) is 0 Å². The average molecular weight is 431 g/mol. The maximum absolute atomic E-state index is 11.6. The van der Waals surface area contributed by atoms with Crippen molar-refractivity contribution in [3.8, 4) is 17.2 Å². The first kappa shape index (κ1) is 19.1. The summed E-state index contributed by atoms with van der Waals surface area (Å²) in [7, 11) is 0. The second-order valence-electron chi connectivity index (χ2n) is 5.83. The number of amides is 1. The van der Waals surface area contributed by atoms with Crippen molar-refractivity contribution < 1.29 is 19.1 Å². The molecular formula is C20H19BrN2O4. The van der Waals surface area contributed by atoms with Crippen molar-refractivity contribution in [1.29, 1.82) is 0 Å². The Morgan fingerprint density at radius 1 is 1.15 bits per heavy atom. The normalized spacial score (nSPS) is 10.6. The van der Waals surface area contributed by atoms with Crippen molar-refractivity contribution in [2.45, 2.75) is 13.0 Å². The molecule has 6 nitrogen and oxygen atoms in total. The van der Waals surface area contributed by atoms with Crippen molar-refractivity contribution in [1.82, 2.24) is 10.3 Å². The summed E-state index contributed by atoms with van der Waals surface area (Å²) >= 11 is 3.40. The van der Waals surface area contributed by atoms with Gasteiger partial charge in [-0.3, -0.25) is 4.79 Å². The quantitative estimate of drug-likeness (QED) is 0.572. The summed E-state index contributed by atoms with van der Waals surface area (Å²) in [5, 5.41) is 11.3. The van der Waals surface area contributed by atoms with E-state index in [9.17, 15) is 4.79 Å². The molecule has 0 aliphatic heterocycles. The molecule has 0 radical (unpaired) electrons. The van der Waals surface area contributed by atoms with Gasteiger partial charge in [0.1, 0.15) is 24.3 Å². The number of carbonyl (C=O) groups excluding carboxylic acids is 1. The number of hydrogen-bond acceptors (Lipinski definition) is 5. The highest BCUT2D eigenvalue weighted by Gasteiger charge is 2.08. The highest BCUT2D eigenvalue weighted by Crippen LogP contribution is 2.22. The van der Waals surface area contributed by atoms with Gasteiger partial charge in [0.25, 0.3) is 0 Å². The number of aliphatic hydroxyl groups excluding tert-OH is 1. The molecule has 0 unspecified atom stereocenters. The van der Waals surface area contributed by atoms with Crippen LogP contribution in [0.4, 0.5) is 0 Å². The Morgan fingerprint density at radius 3 is 2.59 bits per heavy atom. The highest BCUT2D eigenvalue weighted by atomic mass is 79.9. The number of oxazole rings is 1. The molecule has 1 aromatic heterocycles. The van der Waals surface area contributed by atoms with E-state index < -0.39 is 0 Å². The lowest BCUT2D eigenvalue weighted by Gasteiger charge is -2.06. The van der Waals surface area contributed by atoms with Crippen LogP contribution >= 0.6 is 15.9 Å². The summed E-state index contributed by atoms with van der Waals surface area (Å²) in [6.07, 6.45) is 1.84. The number of ether oxygens (including phenoxy) is 1. The van der Waals surface area contributed by atoms with E-state index in [1.54, 1.807) is 6.26 Å².